The van der Waals surface area contributed by atoms with Crippen molar-refractivity contribution in [3.63, 3.8) is 0 Å². The van der Waals surface area contributed by atoms with Gasteiger partial charge in [0.15, 0.2) is 11.5 Å². The Kier molecular flexibility index (Phi) is 6.44. The quantitative estimate of drug-likeness (QED) is 0.212. The molecular formula is C19H11ClI2O4S. The first kappa shape index (κ1) is 20.6. The lowest BCUT2D eigenvalue weighted by atomic mass is 10.0. The Bertz CT molecular complexity index is 1100. The van der Waals surface area contributed by atoms with Gasteiger partial charge in [-0.3, -0.25) is 4.79 Å². The summed E-state index contributed by atoms with van der Waals surface area (Å²) in [6.45, 7) is 0. The number of carbonyl (C=O) groups excluding carboxylic acids is 1. The van der Waals surface area contributed by atoms with Crippen molar-refractivity contribution in [1.82, 2.24) is 0 Å². The van der Waals surface area contributed by atoms with Crippen LogP contribution in [-0.2, 0) is 10.1 Å². The zero-order valence-electron chi connectivity index (χ0n) is 13.5. The molecule has 0 bridgehead atoms. The molecule has 0 radical (unpaired) electrons. The fourth-order valence-electron chi connectivity index (χ4n) is 2.32. The van der Waals surface area contributed by atoms with Crippen LogP contribution in [0.25, 0.3) is 0 Å². The number of hydrogen-bond acceptors (Lipinski definition) is 4. The lowest BCUT2D eigenvalue weighted by Gasteiger charge is -2.14. The van der Waals surface area contributed by atoms with E-state index in [-0.39, 0.29) is 22.0 Å². The first-order chi connectivity index (χ1) is 12.8. The highest BCUT2D eigenvalue weighted by Gasteiger charge is 2.24. The van der Waals surface area contributed by atoms with Gasteiger partial charge in [0.05, 0.1) is 9.13 Å². The molecule has 3 aromatic carbocycles. The molecule has 138 valence electrons. The van der Waals surface area contributed by atoms with Gasteiger partial charge in [0, 0.05) is 14.2 Å². The Morgan fingerprint density at radius 1 is 0.926 bits per heavy atom. The van der Waals surface area contributed by atoms with E-state index >= 15 is 0 Å². The van der Waals surface area contributed by atoms with Gasteiger partial charge in [0.1, 0.15) is 4.90 Å². The molecular weight excluding hydrogens is 614 g/mol. The van der Waals surface area contributed by atoms with Gasteiger partial charge in [-0.15, -0.1) is 0 Å². The second-order valence-electron chi connectivity index (χ2n) is 5.45. The summed E-state index contributed by atoms with van der Waals surface area (Å²) in [5.74, 6) is -0.298. The van der Waals surface area contributed by atoms with E-state index in [0.29, 0.717) is 14.2 Å². The molecule has 0 heterocycles. The number of benzene rings is 3. The molecule has 3 rings (SSSR count). The van der Waals surface area contributed by atoms with Crippen LogP contribution in [0.15, 0.2) is 71.6 Å². The third-order valence-corrected chi connectivity index (χ3v) is 6.50. The standard InChI is InChI=1S/C19H11ClI2O4S/c20-13-6-8-15(9-7-13)27(24,25)26-19-16(10-14(21)11-17(19)22)18(23)12-4-2-1-3-5-12/h1-11H. The van der Waals surface area contributed by atoms with Crippen molar-refractivity contribution in [3.05, 3.63) is 90.0 Å². The number of rotatable bonds is 5. The average Bonchev–Trinajstić information content (AvgIpc) is 2.64. The molecule has 0 saturated heterocycles. The smallest absolute Gasteiger partial charge is 0.339 e. The van der Waals surface area contributed by atoms with Crippen molar-refractivity contribution in [2.24, 2.45) is 0 Å². The van der Waals surface area contributed by atoms with Crippen LogP contribution in [0, 0.1) is 7.14 Å². The molecule has 0 amide bonds. The summed E-state index contributed by atoms with van der Waals surface area (Å²) in [6, 6.07) is 17.6. The summed E-state index contributed by atoms with van der Waals surface area (Å²) >= 11 is 9.85. The van der Waals surface area contributed by atoms with E-state index < -0.39 is 10.1 Å². The molecule has 0 aliphatic rings. The van der Waals surface area contributed by atoms with E-state index in [1.807, 2.05) is 22.6 Å². The summed E-state index contributed by atoms with van der Waals surface area (Å²) in [5.41, 5.74) is 0.638. The zero-order valence-corrected chi connectivity index (χ0v) is 19.4. The molecule has 4 nitrogen and oxygen atoms in total. The molecule has 3 aromatic rings. The van der Waals surface area contributed by atoms with Crippen LogP contribution < -0.4 is 4.18 Å². The topological polar surface area (TPSA) is 60.4 Å². The van der Waals surface area contributed by atoms with Crippen molar-refractivity contribution < 1.29 is 17.4 Å². The predicted molar refractivity (Wildman–Crippen MR) is 121 cm³/mol. The van der Waals surface area contributed by atoms with Gasteiger partial charge in [-0.25, -0.2) is 0 Å². The summed E-state index contributed by atoms with van der Waals surface area (Å²) < 4.78 is 32.1. The van der Waals surface area contributed by atoms with Gasteiger partial charge in [0.25, 0.3) is 0 Å². The van der Waals surface area contributed by atoms with Crippen LogP contribution in [0.5, 0.6) is 5.75 Å². The third-order valence-electron chi connectivity index (χ3n) is 3.58. The summed E-state index contributed by atoms with van der Waals surface area (Å²) in [5, 5.41) is 0.415. The maximum atomic E-state index is 12.9. The summed E-state index contributed by atoms with van der Waals surface area (Å²) in [4.78, 5) is 12.9. The van der Waals surface area contributed by atoms with Crippen molar-refractivity contribution in [2.45, 2.75) is 4.90 Å². The Labute approximate surface area is 189 Å². The lowest BCUT2D eigenvalue weighted by Crippen LogP contribution is -2.14. The monoisotopic (exact) mass is 624 g/mol. The van der Waals surface area contributed by atoms with Crippen LogP contribution >= 0.6 is 56.8 Å². The average molecular weight is 625 g/mol. The van der Waals surface area contributed by atoms with Crippen molar-refractivity contribution >= 4 is 72.7 Å². The van der Waals surface area contributed by atoms with E-state index in [0.717, 1.165) is 3.57 Å². The largest absolute Gasteiger partial charge is 0.377 e. The molecule has 8 heteroatoms. The fraction of sp³-hybridized carbons (Fsp3) is 0. The van der Waals surface area contributed by atoms with Crippen LogP contribution in [-0.4, -0.2) is 14.2 Å². The second-order valence-corrected chi connectivity index (χ2v) is 9.84. The zero-order chi connectivity index (χ0) is 19.6. The maximum absolute atomic E-state index is 12.9. The van der Waals surface area contributed by atoms with E-state index in [1.165, 1.54) is 24.3 Å². The molecule has 0 aliphatic carbocycles. The van der Waals surface area contributed by atoms with Crippen molar-refractivity contribution in [1.29, 1.82) is 0 Å². The van der Waals surface area contributed by atoms with Gasteiger partial charge in [-0.05, 0) is 81.6 Å². The van der Waals surface area contributed by atoms with Crippen LogP contribution in [0.1, 0.15) is 15.9 Å². The Hall–Kier alpha value is -1.17. The molecule has 0 atom stereocenters. The Balaban J connectivity index is 2.08. The van der Waals surface area contributed by atoms with Crippen LogP contribution in [0.4, 0.5) is 0 Å². The van der Waals surface area contributed by atoms with Crippen LogP contribution in [0.3, 0.4) is 0 Å². The molecule has 0 spiro atoms. The van der Waals surface area contributed by atoms with Gasteiger partial charge in [-0.1, -0.05) is 41.9 Å². The first-order valence-electron chi connectivity index (χ1n) is 7.57. The molecule has 0 aliphatic heterocycles. The lowest BCUT2D eigenvalue weighted by molar-refractivity contribution is 0.103. The second kappa shape index (κ2) is 8.46. The van der Waals surface area contributed by atoms with E-state index in [2.05, 4.69) is 22.6 Å². The molecule has 0 saturated carbocycles. The molecule has 0 fully saturated rings. The van der Waals surface area contributed by atoms with Gasteiger partial charge < -0.3 is 4.18 Å². The van der Waals surface area contributed by atoms with Gasteiger partial charge in [0.2, 0.25) is 0 Å². The highest BCUT2D eigenvalue weighted by atomic mass is 127. The highest BCUT2D eigenvalue weighted by Crippen LogP contribution is 2.32. The van der Waals surface area contributed by atoms with E-state index in [4.69, 9.17) is 15.8 Å². The molecule has 27 heavy (non-hydrogen) atoms. The Morgan fingerprint density at radius 2 is 1.56 bits per heavy atom. The minimum Gasteiger partial charge on any atom is -0.377 e. The van der Waals surface area contributed by atoms with Gasteiger partial charge >= 0.3 is 10.1 Å². The number of halogens is 3. The number of hydrogen-bond donors (Lipinski definition) is 0. The normalized spacial score (nSPS) is 11.2. The number of ketones is 1. The number of carbonyl (C=O) groups is 1. The van der Waals surface area contributed by atoms with Crippen molar-refractivity contribution in [3.8, 4) is 5.75 Å². The maximum Gasteiger partial charge on any atom is 0.339 e. The molecule has 0 unspecified atom stereocenters. The van der Waals surface area contributed by atoms with Crippen LogP contribution in [0.2, 0.25) is 5.02 Å². The molecule has 0 N–H and O–H groups in total. The van der Waals surface area contributed by atoms with E-state index in [9.17, 15) is 13.2 Å². The SMILES string of the molecule is O=C(c1ccccc1)c1cc(I)cc(I)c1OS(=O)(=O)c1ccc(Cl)cc1. The minimum absolute atomic E-state index is 0.0137. The summed E-state index contributed by atoms with van der Waals surface area (Å²) in [6.07, 6.45) is 0. The van der Waals surface area contributed by atoms with Crippen molar-refractivity contribution in [2.75, 3.05) is 0 Å². The minimum atomic E-state index is -4.12. The summed E-state index contributed by atoms with van der Waals surface area (Å²) in [7, 11) is -4.12. The Morgan fingerprint density at radius 3 is 2.19 bits per heavy atom. The third kappa shape index (κ3) is 4.82. The van der Waals surface area contributed by atoms with E-state index in [1.54, 1.807) is 42.5 Å². The molecule has 0 aromatic heterocycles. The predicted octanol–water partition coefficient (Wildman–Crippen LogP) is 5.55. The highest BCUT2D eigenvalue weighted by molar-refractivity contribution is 14.1. The van der Waals surface area contributed by atoms with Gasteiger partial charge in [-0.2, -0.15) is 8.42 Å². The first-order valence-corrected chi connectivity index (χ1v) is 11.5. The fourth-order valence-corrected chi connectivity index (χ4v) is 5.51.